The number of aromatic hydroxyl groups is 2. The minimum atomic E-state index is -1.41. The fraction of sp³-hybridized carbons (Fsp3) is 0.341. The number of aliphatic carboxylic acids is 1. The summed E-state index contributed by atoms with van der Waals surface area (Å²) in [5.74, 6) is -4.45. The second-order valence-electron chi connectivity index (χ2n) is 14.5. The van der Waals surface area contributed by atoms with Crippen LogP contribution in [0.4, 0.5) is 0 Å². The van der Waals surface area contributed by atoms with Crippen LogP contribution in [0, 0.1) is 0 Å². The van der Waals surface area contributed by atoms with Gasteiger partial charge in [-0.25, -0.2) is 4.79 Å². The van der Waals surface area contributed by atoms with Crippen molar-refractivity contribution in [3.8, 4) is 33.8 Å². The fourth-order valence-electron chi connectivity index (χ4n) is 6.93. The van der Waals surface area contributed by atoms with E-state index < -0.39 is 53.8 Å². The van der Waals surface area contributed by atoms with Gasteiger partial charge in [0.25, 0.3) is 5.91 Å². The Morgan fingerprint density at radius 1 is 0.842 bits per heavy atom. The van der Waals surface area contributed by atoms with Crippen LogP contribution in [0.5, 0.6) is 11.5 Å². The van der Waals surface area contributed by atoms with E-state index in [4.69, 9.17) is 5.73 Å². The molecule has 4 atom stereocenters. The Morgan fingerprint density at radius 3 is 2.11 bits per heavy atom. The molecule has 0 saturated heterocycles. The molecule has 4 amide bonds. The first-order valence-electron chi connectivity index (χ1n) is 19.3. The number of rotatable bonds is 13. The number of phenols is 2. The normalized spacial score (nSPS) is 17.4. The van der Waals surface area contributed by atoms with Crippen molar-refractivity contribution in [2.45, 2.75) is 83.0 Å². The molecule has 8 N–H and O–H groups in total. The third-order valence-corrected chi connectivity index (χ3v) is 10.3. The SMILES string of the molecule is CCCCc1ccc(-c2ccc(C(=O)N[C@@H](CCCCN)C(=O)N(C)[C@@H]3C(=O)N[C@@H](C)C(=O)N[C@H](C(=O)O)Cc4ccc(O)c(c4)-c4cc3ccc4O)cc2)cc1. The standard InChI is InChI=1S/C44H51N5O8/c1-4-5-8-27-10-13-29(14-11-27)30-15-17-31(18-16-30)41(53)47-35(9-6-7-22-45)43(55)49(3)39-32-19-21-38(51)34(25-32)33-23-28(12-20-37(33)50)24-36(44(56)57)48-40(52)26(2)46-42(39)54/h10-21,23,25-26,35-36,39,50-51H,4-9,22,24,45H2,1-3H3,(H,46,54)(H,47,53)(H,48,52)(H,56,57)/t26-,35-,36-,39-/m0/s1. The molecule has 0 aromatic heterocycles. The van der Waals surface area contributed by atoms with Gasteiger partial charge in [0.1, 0.15) is 35.7 Å². The Labute approximate surface area is 332 Å². The maximum Gasteiger partial charge on any atom is 0.326 e. The summed E-state index contributed by atoms with van der Waals surface area (Å²) in [5, 5.41) is 39.6. The molecular formula is C44H51N5O8. The van der Waals surface area contributed by atoms with E-state index in [1.54, 1.807) is 12.1 Å². The minimum Gasteiger partial charge on any atom is -0.507 e. The number of nitrogens with one attached hydrogen (secondary N) is 3. The lowest BCUT2D eigenvalue weighted by atomic mass is 9.93. The molecule has 1 heterocycles. The van der Waals surface area contributed by atoms with E-state index in [0.29, 0.717) is 30.5 Å². The van der Waals surface area contributed by atoms with Gasteiger partial charge in [0.05, 0.1) is 0 Å². The summed E-state index contributed by atoms with van der Waals surface area (Å²) in [5.41, 5.74) is 10.2. The third kappa shape index (κ3) is 10.4. The zero-order valence-corrected chi connectivity index (χ0v) is 32.5. The van der Waals surface area contributed by atoms with Gasteiger partial charge in [-0.05, 0) is 110 Å². The van der Waals surface area contributed by atoms with Crippen LogP contribution in [0.2, 0.25) is 0 Å². The van der Waals surface area contributed by atoms with E-state index in [1.165, 1.54) is 60.8 Å². The van der Waals surface area contributed by atoms with Crippen molar-refractivity contribution in [1.82, 2.24) is 20.9 Å². The van der Waals surface area contributed by atoms with Crippen molar-refractivity contribution in [1.29, 1.82) is 0 Å². The summed E-state index contributed by atoms with van der Waals surface area (Å²) in [6, 6.07) is 18.9. The maximum atomic E-state index is 14.4. The number of hydrogen-bond donors (Lipinski definition) is 7. The summed E-state index contributed by atoms with van der Waals surface area (Å²) in [4.78, 5) is 68.8. The predicted molar refractivity (Wildman–Crippen MR) is 216 cm³/mol. The summed E-state index contributed by atoms with van der Waals surface area (Å²) in [6.07, 6.45) is 4.38. The van der Waals surface area contributed by atoms with Crippen LogP contribution < -0.4 is 21.7 Å². The number of hydrogen-bond acceptors (Lipinski definition) is 8. The second kappa shape index (κ2) is 19.1. The van der Waals surface area contributed by atoms with E-state index in [1.807, 2.05) is 12.1 Å². The monoisotopic (exact) mass is 777 g/mol. The van der Waals surface area contributed by atoms with Gasteiger partial charge in [-0.15, -0.1) is 0 Å². The first-order valence-corrected chi connectivity index (χ1v) is 19.3. The van der Waals surface area contributed by atoms with Crippen LogP contribution in [0.1, 0.15) is 79.0 Å². The van der Waals surface area contributed by atoms with E-state index in [0.717, 1.165) is 30.4 Å². The molecule has 13 heteroatoms. The average molecular weight is 778 g/mol. The number of unbranched alkanes of at least 4 members (excludes halogenated alkanes) is 2. The van der Waals surface area contributed by atoms with Crippen molar-refractivity contribution in [2.24, 2.45) is 5.73 Å². The molecule has 57 heavy (non-hydrogen) atoms. The fourth-order valence-corrected chi connectivity index (χ4v) is 6.93. The summed E-state index contributed by atoms with van der Waals surface area (Å²) >= 11 is 0. The van der Waals surface area contributed by atoms with Gasteiger partial charge in [0, 0.05) is 30.2 Å². The zero-order valence-electron chi connectivity index (χ0n) is 32.5. The largest absolute Gasteiger partial charge is 0.507 e. The molecule has 1 aliphatic rings. The van der Waals surface area contributed by atoms with Crippen LogP contribution in [0.25, 0.3) is 22.3 Å². The molecule has 5 rings (SSSR count). The molecule has 4 bridgehead atoms. The number of benzene rings is 4. The van der Waals surface area contributed by atoms with Crippen LogP contribution in [-0.4, -0.2) is 81.5 Å². The molecule has 4 aromatic carbocycles. The molecule has 13 nitrogen and oxygen atoms in total. The van der Waals surface area contributed by atoms with Gasteiger partial charge in [-0.1, -0.05) is 61.9 Å². The van der Waals surface area contributed by atoms with Crippen molar-refractivity contribution in [2.75, 3.05) is 13.6 Å². The summed E-state index contributed by atoms with van der Waals surface area (Å²) in [6.45, 7) is 3.91. The molecule has 300 valence electrons. The number of nitrogens with zero attached hydrogens (tertiary/aromatic N) is 1. The molecule has 0 saturated carbocycles. The Balaban J connectivity index is 1.46. The molecule has 4 aromatic rings. The van der Waals surface area contributed by atoms with Gasteiger partial charge < -0.3 is 41.9 Å². The lowest BCUT2D eigenvalue weighted by molar-refractivity contribution is -0.143. The van der Waals surface area contributed by atoms with E-state index in [9.17, 15) is 39.3 Å². The average Bonchev–Trinajstić information content (AvgIpc) is 3.20. The van der Waals surface area contributed by atoms with E-state index in [2.05, 4.69) is 47.1 Å². The Bertz CT molecular complexity index is 2090. The number of amides is 4. The number of phenolic OH excluding ortho intramolecular Hbond substituents is 2. The number of carboxylic acid groups (broad SMARTS) is 1. The van der Waals surface area contributed by atoms with Crippen molar-refractivity contribution in [3.63, 3.8) is 0 Å². The maximum absolute atomic E-state index is 14.4. The highest BCUT2D eigenvalue weighted by atomic mass is 16.4. The van der Waals surface area contributed by atoms with Crippen molar-refractivity contribution < 1.29 is 39.3 Å². The number of likely N-dealkylation sites (N-methyl/N-ethyl adjacent to an activating group) is 1. The van der Waals surface area contributed by atoms with Crippen LogP contribution in [0.15, 0.2) is 84.9 Å². The molecule has 1 aliphatic heterocycles. The van der Waals surface area contributed by atoms with Crippen LogP contribution >= 0.6 is 0 Å². The third-order valence-electron chi connectivity index (χ3n) is 10.3. The zero-order chi connectivity index (χ0) is 41.2. The van der Waals surface area contributed by atoms with Crippen LogP contribution in [0.3, 0.4) is 0 Å². The lowest BCUT2D eigenvalue weighted by Crippen LogP contribution is -2.54. The molecule has 0 unspecified atom stereocenters. The molecular weight excluding hydrogens is 727 g/mol. The first kappa shape index (κ1) is 41.9. The van der Waals surface area contributed by atoms with Crippen molar-refractivity contribution in [3.05, 3.63) is 107 Å². The minimum absolute atomic E-state index is 0.121. The number of carbonyl (C=O) groups is 5. The van der Waals surface area contributed by atoms with Gasteiger partial charge >= 0.3 is 5.97 Å². The van der Waals surface area contributed by atoms with Gasteiger partial charge in [0.2, 0.25) is 17.7 Å². The van der Waals surface area contributed by atoms with E-state index >= 15 is 0 Å². The first-order chi connectivity index (χ1) is 27.3. The summed E-state index contributed by atoms with van der Waals surface area (Å²) in [7, 11) is 1.40. The van der Waals surface area contributed by atoms with Crippen LogP contribution in [-0.2, 0) is 32.0 Å². The number of fused-ring (bicyclic) bond motifs is 5. The second-order valence-corrected chi connectivity index (χ2v) is 14.5. The molecule has 0 radical (unpaired) electrons. The number of carboxylic acids is 1. The van der Waals surface area contributed by atoms with E-state index in [-0.39, 0.29) is 41.0 Å². The predicted octanol–water partition coefficient (Wildman–Crippen LogP) is 4.83. The van der Waals surface area contributed by atoms with Gasteiger partial charge in [-0.3, -0.25) is 19.2 Å². The number of nitrogens with two attached hydrogens (primary N) is 1. The van der Waals surface area contributed by atoms with Gasteiger partial charge in [0.15, 0.2) is 0 Å². The number of aryl methyl sites for hydroxylation is 1. The highest BCUT2D eigenvalue weighted by Gasteiger charge is 2.36. The smallest absolute Gasteiger partial charge is 0.326 e. The number of carbonyl (C=O) groups excluding carboxylic acids is 4. The molecule has 0 aliphatic carbocycles. The lowest BCUT2D eigenvalue weighted by Gasteiger charge is -2.32. The quantitative estimate of drug-likeness (QED) is 0.0926. The Kier molecular flexibility index (Phi) is 14.0. The van der Waals surface area contributed by atoms with Gasteiger partial charge in [-0.2, -0.15) is 0 Å². The molecule has 0 fully saturated rings. The summed E-state index contributed by atoms with van der Waals surface area (Å²) < 4.78 is 0. The van der Waals surface area contributed by atoms with Crippen molar-refractivity contribution >= 4 is 29.6 Å². The topological polar surface area (TPSA) is 211 Å². The highest BCUT2D eigenvalue weighted by molar-refractivity contribution is 5.99. The Morgan fingerprint density at radius 2 is 1.47 bits per heavy atom. The highest BCUT2D eigenvalue weighted by Crippen LogP contribution is 2.39. The Hall–Kier alpha value is -6.21. The molecule has 0 spiro atoms.